The van der Waals surface area contributed by atoms with Crippen LogP contribution in [0.1, 0.15) is 13.8 Å². The molecular weight excluding hydrogens is 188 g/mol. The highest BCUT2D eigenvalue weighted by Gasteiger charge is 2.29. The van der Waals surface area contributed by atoms with Gasteiger partial charge in [0.15, 0.2) is 0 Å². The molecule has 1 aromatic rings. The summed E-state index contributed by atoms with van der Waals surface area (Å²) in [6.45, 7) is 6.83. The molecule has 1 aromatic heterocycles. The largest absolute Gasteiger partial charge is 0.495 e. The quantitative estimate of drug-likeness (QED) is 0.758. The number of rotatable bonds is 3. The van der Waals surface area contributed by atoms with Gasteiger partial charge in [-0.15, -0.1) is 0 Å². The van der Waals surface area contributed by atoms with Crippen LogP contribution in [0.3, 0.4) is 0 Å². The summed E-state index contributed by atoms with van der Waals surface area (Å²) in [5.74, 6) is 3.49. The first-order chi connectivity index (χ1) is 7.20. The Morgan fingerprint density at radius 2 is 2.13 bits per heavy atom. The van der Waals surface area contributed by atoms with Gasteiger partial charge < -0.3 is 9.64 Å². The second kappa shape index (κ2) is 4.09. The van der Waals surface area contributed by atoms with Crippen LogP contribution < -0.4 is 9.64 Å². The van der Waals surface area contributed by atoms with Crippen molar-refractivity contribution in [3.05, 3.63) is 18.3 Å². The third-order valence-electron chi connectivity index (χ3n) is 3.13. The lowest BCUT2D eigenvalue weighted by atomic mass is 9.88. The van der Waals surface area contributed by atoms with Gasteiger partial charge in [-0.2, -0.15) is 0 Å². The molecule has 0 bridgehead atoms. The molecule has 0 aliphatic carbocycles. The Labute approximate surface area is 91.1 Å². The van der Waals surface area contributed by atoms with Crippen molar-refractivity contribution in [3.8, 4) is 5.75 Å². The molecule has 3 heteroatoms. The fourth-order valence-corrected chi connectivity index (χ4v) is 1.80. The molecule has 0 aromatic carbocycles. The van der Waals surface area contributed by atoms with Gasteiger partial charge in [-0.1, -0.05) is 13.8 Å². The maximum absolute atomic E-state index is 5.08. The van der Waals surface area contributed by atoms with E-state index >= 15 is 0 Å². The molecule has 0 radical (unpaired) electrons. The summed E-state index contributed by atoms with van der Waals surface area (Å²) in [5, 5.41) is 0. The zero-order valence-corrected chi connectivity index (χ0v) is 9.60. The molecule has 2 rings (SSSR count). The van der Waals surface area contributed by atoms with Crippen molar-refractivity contribution < 1.29 is 4.74 Å². The van der Waals surface area contributed by atoms with Crippen molar-refractivity contribution in [1.29, 1.82) is 0 Å². The van der Waals surface area contributed by atoms with Crippen molar-refractivity contribution in [1.82, 2.24) is 4.98 Å². The predicted octanol–water partition coefficient (Wildman–Crippen LogP) is 2.18. The van der Waals surface area contributed by atoms with Gasteiger partial charge in [0.05, 0.1) is 13.3 Å². The molecule has 1 aliphatic heterocycles. The number of hydrogen-bond acceptors (Lipinski definition) is 3. The number of methoxy groups -OCH3 is 1. The Bertz CT molecular complexity index is 315. The fourth-order valence-electron chi connectivity index (χ4n) is 1.80. The van der Waals surface area contributed by atoms with Crippen molar-refractivity contribution in [2.45, 2.75) is 13.8 Å². The van der Waals surface area contributed by atoms with E-state index < -0.39 is 0 Å². The van der Waals surface area contributed by atoms with E-state index in [9.17, 15) is 0 Å². The van der Waals surface area contributed by atoms with Crippen LogP contribution in [0.5, 0.6) is 5.75 Å². The lowest BCUT2D eigenvalue weighted by molar-refractivity contribution is 0.308. The zero-order valence-electron chi connectivity index (χ0n) is 9.60. The van der Waals surface area contributed by atoms with E-state index in [1.54, 1.807) is 13.3 Å². The molecule has 82 valence electrons. The molecule has 0 saturated carbocycles. The minimum Gasteiger partial charge on any atom is -0.495 e. The van der Waals surface area contributed by atoms with Crippen LogP contribution in [0.2, 0.25) is 0 Å². The first-order valence-electron chi connectivity index (χ1n) is 5.45. The van der Waals surface area contributed by atoms with Crippen LogP contribution in [0.4, 0.5) is 5.82 Å². The summed E-state index contributed by atoms with van der Waals surface area (Å²) in [6, 6.07) is 3.99. The smallest absolute Gasteiger partial charge is 0.137 e. The third kappa shape index (κ3) is 2.06. The maximum Gasteiger partial charge on any atom is 0.137 e. The molecule has 0 N–H and O–H groups in total. The number of anilines is 1. The number of hydrogen-bond donors (Lipinski definition) is 0. The average molecular weight is 206 g/mol. The summed E-state index contributed by atoms with van der Waals surface area (Å²) in [7, 11) is 1.66. The number of ether oxygens (including phenoxy) is 1. The van der Waals surface area contributed by atoms with Gasteiger partial charge in [0.25, 0.3) is 0 Å². The van der Waals surface area contributed by atoms with Crippen molar-refractivity contribution >= 4 is 5.82 Å². The summed E-state index contributed by atoms with van der Waals surface area (Å²) in [6.07, 6.45) is 1.78. The highest BCUT2D eigenvalue weighted by atomic mass is 16.5. The second-order valence-corrected chi connectivity index (χ2v) is 4.47. The van der Waals surface area contributed by atoms with Gasteiger partial charge in [0, 0.05) is 13.1 Å². The van der Waals surface area contributed by atoms with E-state index in [0.717, 1.165) is 36.5 Å². The molecule has 1 saturated heterocycles. The van der Waals surface area contributed by atoms with Gasteiger partial charge in [-0.3, -0.25) is 0 Å². The summed E-state index contributed by atoms with van der Waals surface area (Å²) in [4.78, 5) is 6.68. The van der Waals surface area contributed by atoms with E-state index in [4.69, 9.17) is 4.74 Å². The molecule has 15 heavy (non-hydrogen) atoms. The monoisotopic (exact) mass is 206 g/mol. The SMILES string of the molecule is COc1ccc(N2CC(C(C)C)C2)nc1. The molecule has 0 unspecified atom stereocenters. The van der Waals surface area contributed by atoms with E-state index in [1.165, 1.54) is 0 Å². The van der Waals surface area contributed by atoms with Gasteiger partial charge in [0.1, 0.15) is 11.6 Å². The van der Waals surface area contributed by atoms with Crippen molar-refractivity contribution in [2.24, 2.45) is 11.8 Å². The maximum atomic E-state index is 5.08. The Morgan fingerprint density at radius 1 is 1.40 bits per heavy atom. The molecule has 0 spiro atoms. The average Bonchev–Trinajstić information content (AvgIpc) is 2.16. The van der Waals surface area contributed by atoms with Gasteiger partial charge in [0.2, 0.25) is 0 Å². The number of aromatic nitrogens is 1. The second-order valence-electron chi connectivity index (χ2n) is 4.47. The predicted molar refractivity (Wildman–Crippen MR) is 61.3 cm³/mol. The summed E-state index contributed by atoms with van der Waals surface area (Å²) >= 11 is 0. The van der Waals surface area contributed by atoms with Crippen LogP contribution in [0.25, 0.3) is 0 Å². The first-order valence-corrected chi connectivity index (χ1v) is 5.45. The normalized spacial score (nSPS) is 16.7. The lowest BCUT2D eigenvalue weighted by Gasteiger charge is -2.42. The standard InChI is InChI=1S/C12H18N2O/c1-9(2)10-7-14(8-10)12-5-4-11(15-3)6-13-12/h4-6,9-10H,7-8H2,1-3H3. The Kier molecular flexibility index (Phi) is 2.80. The highest BCUT2D eigenvalue weighted by molar-refractivity contribution is 5.43. The summed E-state index contributed by atoms with van der Waals surface area (Å²) < 4.78 is 5.08. The van der Waals surface area contributed by atoms with Gasteiger partial charge in [-0.05, 0) is 24.0 Å². The molecule has 0 atom stereocenters. The molecule has 2 heterocycles. The third-order valence-corrected chi connectivity index (χ3v) is 3.13. The van der Waals surface area contributed by atoms with Crippen molar-refractivity contribution in [3.63, 3.8) is 0 Å². The topological polar surface area (TPSA) is 25.4 Å². The zero-order chi connectivity index (χ0) is 10.8. The van der Waals surface area contributed by atoms with E-state index in [-0.39, 0.29) is 0 Å². The fraction of sp³-hybridized carbons (Fsp3) is 0.583. The van der Waals surface area contributed by atoms with E-state index in [0.29, 0.717) is 0 Å². The van der Waals surface area contributed by atoms with Crippen LogP contribution in [0, 0.1) is 11.8 Å². The molecular formula is C12H18N2O. The lowest BCUT2D eigenvalue weighted by Crippen LogP contribution is -2.49. The minimum absolute atomic E-state index is 0.777. The Balaban J connectivity index is 1.95. The molecule has 1 fully saturated rings. The van der Waals surface area contributed by atoms with Crippen LogP contribution in [0.15, 0.2) is 18.3 Å². The molecule has 3 nitrogen and oxygen atoms in total. The van der Waals surface area contributed by atoms with Gasteiger partial charge >= 0.3 is 0 Å². The molecule has 0 amide bonds. The Hall–Kier alpha value is -1.25. The minimum atomic E-state index is 0.777. The number of nitrogens with zero attached hydrogens (tertiary/aromatic N) is 2. The summed E-state index contributed by atoms with van der Waals surface area (Å²) in [5.41, 5.74) is 0. The molecule has 1 aliphatic rings. The Morgan fingerprint density at radius 3 is 2.60 bits per heavy atom. The van der Waals surface area contributed by atoms with Crippen LogP contribution in [-0.2, 0) is 0 Å². The van der Waals surface area contributed by atoms with E-state index in [2.05, 4.69) is 23.7 Å². The van der Waals surface area contributed by atoms with Crippen LogP contribution >= 0.6 is 0 Å². The number of pyridine rings is 1. The first kappa shape index (κ1) is 10.3. The van der Waals surface area contributed by atoms with E-state index in [1.807, 2.05) is 12.1 Å². The van der Waals surface area contributed by atoms with Crippen LogP contribution in [-0.4, -0.2) is 25.2 Å². The van der Waals surface area contributed by atoms with Crippen molar-refractivity contribution in [2.75, 3.05) is 25.1 Å². The van der Waals surface area contributed by atoms with Gasteiger partial charge in [-0.25, -0.2) is 4.98 Å². The highest BCUT2D eigenvalue weighted by Crippen LogP contribution is 2.28.